The smallest absolute Gasteiger partial charge is 0.307 e. The van der Waals surface area contributed by atoms with E-state index in [0.717, 1.165) is 29.4 Å². The first-order valence-corrected chi connectivity index (χ1v) is 11.5. The fourth-order valence-electron chi connectivity index (χ4n) is 4.19. The molecule has 0 saturated carbocycles. The van der Waals surface area contributed by atoms with Crippen molar-refractivity contribution >= 4 is 43.3 Å². The van der Waals surface area contributed by atoms with Gasteiger partial charge < -0.3 is 14.6 Å². The van der Waals surface area contributed by atoms with Crippen LogP contribution in [0.5, 0.6) is 11.5 Å². The van der Waals surface area contributed by atoms with E-state index in [9.17, 15) is 9.90 Å². The lowest BCUT2D eigenvalue weighted by Gasteiger charge is -2.37. The molecule has 2 atom stereocenters. The van der Waals surface area contributed by atoms with Gasteiger partial charge in [-0.05, 0) is 54.6 Å². The number of carbonyl (C=O) groups is 1. The maximum Gasteiger partial charge on any atom is 0.307 e. The maximum atomic E-state index is 11.7. The predicted octanol–water partition coefficient (Wildman–Crippen LogP) is 5.57. The van der Waals surface area contributed by atoms with Gasteiger partial charge in [-0.2, -0.15) is 0 Å². The second kappa shape index (κ2) is 8.96. The zero-order chi connectivity index (χ0) is 21.3. The lowest BCUT2D eigenvalue weighted by atomic mass is 9.94. The summed E-state index contributed by atoms with van der Waals surface area (Å²) in [5.41, 5.74) is 1.05. The highest BCUT2D eigenvalue weighted by Crippen LogP contribution is 2.44. The number of carboxylic acid groups (broad SMARTS) is 1. The number of fused-ring (bicyclic) bond motifs is 1. The number of rotatable bonds is 6. The van der Waals surface area contributed by atoms with Gasteiger partial charge in [0.15, 0.2) is 11.5 Å². The number of hydrogen-bond acceptors (Lipinski definition) is 5. The fourth-order valence-corrected chi connectivity index (χ4v) is 5.95. The first kappa shape index (κ1) is 21.2. The number of methoxy groups -OCH3 is 2. The third kappa shape index (κ3) is 4.06. The van der Waals surface area contributed by atoms with Crippen LogP contribution >= 0.6 is 27.3 Å². The summed E-state index contributed by atoms with van der Waals surface area (Å²) >= 11 is 5.48. The molecule has 30 heavy (non-hydrogen) atoms. The number of nitrogens with zero attached hydrogens (tertiary/aromatic N) is 1. The van der Waals surface area contributed by atoms with Crippen molar-refractivity contribution in [2.75, 3.05) is 27.3 Å². The Morgan fingerprint density at radius 1 is 1.20 bits per heavy atom. The highest BCUT2D eigenvalue weighted by molar-refractivity contribution is 9.10. The van der Waals surface area contributed by atoms with E-state index in [1.54, 1.807) is 25.6 Å². The number of thiophene rings is 1. The van der Waals surface area contributed by atoms with Gasteiger partial charge in [-0.25, -0.2) is 0 Å². The zero-order valence-corrected chi connectivity index (χ0v) is 19.3. The summed E-state index contributed by atoms with van der Waals surface area (Å²) in [7, 11) is 3.25. The van der Waals surface area contributed by atoms with Gasteiger partial charge in [0.05, 0.1) is 26.2 Å². The largest absolute Gasteiger partial charge is 0.493 e. The number of aliphatic carboxylic acids is 1. The third-order valence-corrected chi connectivity index (χ3v) is 7.53. The quantitative estimate of drug-likeness (QED) is 0.490. The topological polar surface area (TPSA) is 59.0 Å². The van der Waals surface area contributed by atoms with Gasteiger partial charge in [0, 0.05) is 20.6 Å². The number of likely N-dealkylation sites (tertiary alicyclic amines) is 1. The first-order chi connectivity index (χ1) is 14.5. The van der Waals surface area contributed by atoms with E-state index in [1.807, 2.05) is 24.3 Å². The molecule has 0 spiro atoms. The van der Waals surface area contributed by atoms with Crippen LogP contribution in [0.25, 0.3) is 10.1 Å². The summed E-state index contributed by atoms with van der Waals surface area (Å²) in [6.45, 7) is 1.37. The normalized spacial score (nSPS) is 18.3. The Balaban J connectivity index is 1.84. The zero-order valence-electron chi connectivity index (χ0n) is 16.9. The molecule has 1 aromatic heterocycles. The molecule has 7 heteroatoms. The highest BCUT2D eigenvalue weighted by atomic mass is 79.9. The van der Waals surface area contributed by atoms with Crippen LogP contribution in [-0.2, 0) is 4.79 Å². The van der Waals surface area contributed by atoms with Gasteiger partial charge >= 0.3 is 5.97 Å². The van der Waals surface area contributed by atoms with E-state index in [2.05, 4.69) is 39.0 Å². The van der Waals surface area contributed by atoms with Gasteiger partial charge in [-0.1, -0.05) is 34.1 Å². The maximum absolute atomic E-state index is 11.7. The van der Waals surface area contributed by atoms with Gasteiger partial charge in [-0.3, -0.25) is 9.69 Å². The summed E-state index contributed by atoms with van der Waals surface area (Å²) in [4.78, 5) is 15.2. The monoisotopic (exact) mass is 489 g/mol. The van der Waals surface area contributed by atoms with Crippen molar-refractivity contribution in [2.24, 2.45) is 5.92 Å². The lowest BCUT2D eigenvalue weighted by molar-refractivity contribution is -0.143. The Kier molecular flexibility index (Phi) is 6.32. The second-order valence-electron chi connectivity index (χ2n) is 7.49. The van der Waals surface area contributed by atoms with E-state index in [4.69, 9.17) is 9.47 Å². The van der Waals surface area contributed by atoms with Crippen LogP contribution in [0.15, 0.2) is 46.9 Å². The Bertz CT molecular complexity index is 1030. The van der Waals surface area contributed by atoms with Gasteiger partial charge in [-0.15, -0.1) is 11.3 Å². The highest BCUT2D eigenvalue weighted by Gasteiger charge is 2.33. The Hall–Kier alpha value is -2.09. The minimum atomic E-state index is -0.721. The molecule has 1 fully saturated rings. The van der Waals surface area contributed by atoms with Crippen LogP contribution < -0.4 is 9.47 Å². The Labute approximate surface area is 188 Å². The molecule has 158 valence electrons. The number of carboxylic acids is 1. The van der Waals surface area contributed by atoms with Crippen LogP contribution in [0.4, 0.5) is 0 Å². The minimum Gasteiger partial charge on any atom is -0.493 e. The molecule has 1 aliphatic rings. The molecule has 4 rings (SSSR count). The number of halogens is 1. The lowest BCUT2D eigenvalue weighted by Crippen LogP contribution is -2.41. The molecule has 1 saturated heterocycles. The molecule has 2 aromatic carbocycles. The van der Waals surface area contributed by atoms with E-state index in [0.29, 0.717) is 18.0 Å². The molecule has 5 nitrogen and oxygen atoms in total. The molecule has 0 amide bonds. The van der Waals surface area contributed by atoms with Crippen LogP contribution in [0.2, 0.25) is 0 Å². The molecule has 2 heterocycles. The summed E-state index contributed by atoms with van der Waals surface area (Å²) in [5, 5.41) is 10.8. The average molecular weight is 490 g/mol. The van der Waals surface area contributed by atoms with Crippen molar-refractivity contribution in [1.29, 1.82) is 0 Å². The first-order valence-electron chi connectivity index (χ1n) is 9.88. The number of piperidine rings is 1. The third-order valence-electron chi connectivity index (χ3n) is 5.68. The van der Waals surface area contributed by atoms with Gasteiger partial charge in [0.1, 0.15) is 0 Å². The molecule has 2 unspecified atom stereocenters. The molecular formula is C23H24BrNO4S. The standard InChI is InChI=1S/C23H24BrNO4S/c1-28-18-11-16(17(24)12-19(18)29-2)22(25-9-5-7-15(13-25)23(26)27)21-10-14-6-3-4-8-20(14)30-21/h3-4,6,8,10-12,15,22H,5,7,9,13H2,1-2H3,(H,26,27). The van der Waals surface area contributed by atoms with Crippen molar-refractivity contribution in [3.05, 3.63) is 57.4 Å². The summed E-state index contributed by atoms with van der Waals surface area (Å²) in [6, 6.07) is 14.4. The Morgan fingerprint density at radius 3 is 2.63 bits per heavy atom. The van der Waals surface area contributed by atoms with Gasteiger partial charge in [0.2, 0.25) is 0 Å². The molecular weight excluding hydrogens is 466 g/mol. The van der Waals surface area contributed by atoms with E-state index < -0.39 is 5.97 Å². The van der Waals surface area contributed by atoms with E-state index in [1.165, 1.54) is 15.0 Å². The predicted molar refractivity (Wildman–Crippen MR) is 123 cm³/mol. The summed E-state index contributed by atoms with van der Waals surface area (Å²) < 4.78 is 13.2. The van der Waals surface area contributed by atoms with E-state index >= 15 is 0 Å². The van der Waals surface area contributed by atoms with Crippen molar-refractivity contribution in [1.82, 2.24) is 4.90 Å². The molecule has 3 aromatic rings. The minimum absolute atomic E-state index is 0.0706. The molecule has 1 aliphatic heterocycles. The van der Waals surface area contributed by atoms with Crippen LogP contribution in [-0.4, -0.2) is 43.3 Å². The van der Waals surface area contributed by atoms with Crippen LogP contribution in [0.1, 0.15) is 29.3 Å². The molecule has 1 N–H and O–H groups in total. The summed E-state index contributed by atoms with van der Waals surface area (Å²) in [5.74, 6) is 0.245. The molecule has 0 bridgehead atoms. The number of benzene rings is 2. The van der Waals surface area contributed by atoms with Gasteiger partial charge in [0.25, 0.3) is 0 Å². The number of hydrogen-bond donors (Lipinski definition) is 1. The average Bonchev–Trinajstić information content (AvgIpc) is 3.18. The van der Waals surface area contributed by atoms with Crippen LogP contribution in [0.3, 0.4) is 0 Å². The molecule has 0 aliphatic carbocycles. The second-order valence-corrected chi connectivity index (χ2v) is 9.46. The summed E-state index contributed by atoms with van der Waals surface area (Å²) in [6.07, 6.45) is 1.58. The number of ether oxygens (including phenoxy) is 2. The molecule has 0 radical (unpaired) electrons. The van der Waals surface area contributed by atoms with Crippen molar-refractivity contribution in [3.63, 3.8) is 0 Å². The van der Waals surface area contributed by atoms with Crippen molar-refractivity contribution in [3.8, 4) is 11.5 Å². The van der Waals surface area contributed by atoms with Crippen LogP contribution in [0, 0.1) is 5.92 Å². The Morgan fingerprint density at radius 2 is 1.93 bits per heavy atom. The van der Waals surface area contributed by atoms with Crippen molar-refractivity contribution < 1.29 is 19.4 Å². The SMILES string of the molecule is COc1cc(Br)c(C(c2cc3ccccc3s2)N2CCCC(C(=O)O)C2)cc1OC. The van der Waals surface area contributed by atoms with Crippen molar-refractivity contribution in [2.45, 2.75) is 18.9 Å². The van der Waals surface area contributed by atoms with E-state index in [-0.39, 0.29) is 12.0 Å². The fraction of sp³-hybridized carbons (Fsp3) is 0.348.